The molecule has 0 spiro atoms. The summed E-state index contributed by atoms with van der Waals surface area (Å²) >= 11 is 0. The van der Waals surface area contributed by atoms with Gasteiger partial charge in [0.05, 0.1) is 18.0 Å². The van der Waals surface area contributed by atoms with E-state index < -0.39 is 5.95 Å². The molecule has 1 aromatic carbocycles. The normalized spacial score (nSPS) is 16.6. The molecule has 2 aromatic rings. The van der Waals surface area contributed by atoms with Crippen LogP contribution in [0.3, 0.4) is 0 Å². The summed E-state index contributed by atoms with van der Waals surface area (Å²) in [5, 5.41) is 2.78. The van der Waals surface area contributed by atoms with Crippen LogP contribution in [0.5, 0.6) is 0 Å². The van der Waals surface area contributed by atoms with E-state index in [9.17, 15) is 9.18 Å². The molecule has 1 atom stereocenters. The zero-order chi connectivity index (χ0) is 17.6. The number of nitrogens with one attached hydrogen (secondary N) is 1. The van der Waals surface area contributed by atoms with Gasteiger partial charge in [0.15, 0.2) is 0 Å². The Balaban J connectivity index is 1.71. The van der Waals surface area contributed by atoms with E-state index in [1.165, 1.54) is 18.3 Å². The summed E-state index contributed by atoms with van der Waals surface area (Å²) in [6.07, 6.45) is 3.34. The van der Waals surface area contributed by atoms with E-state index in [1.807, 2.05) is 25.1 Å². The van der Waals surface area contributed by atoms with Gasteiger partial charge in [-0.2, -0.15) is 4.39 Å². The van der Waals surface area contributed by atoms with Gasteiger partial charge in [0.2, 0.25) is 5.95 Å². The lowest BCUT2D eigenvalue weighted by atomic mass is 10.1. The maximum atomic E-state index is 12.9. The van der Waals surface area contributed by atoms with Gasteiger partial charge in [-0.15, -0.1) is 0 Å². The van der Waals surface area contributed by atoms with Crippen LogP contribution in [0.15, 0.2) is 42.6 Å². The van der Waals surface area contributed by atoms with Gasteiger partial charge in [-0.05, 0) is 37.5 Å². The monoisotopic (exact) mass is 343 g/mol. The fraction of sp³-hybridized carbons (Fsp3) is 0.368. The molecule has 25 heavy (non-hydrogen) atoms. The van der Waals surface area contributed by atoms with Crippen LogP contribution in [0.1, 0.15) is 24.0 Å². The third-order valence-electron chi connectivity index (χ3n) is 4.17. The van der Waals surface area contributed by atoms with Crippen LogP contribution in [-0.4, -0.2) is 35.2 Å². The molecule has 2 heterocycles. The van der Waals surface area contributed by atoms with Gasteiger partial charge < -0.3 is 15.0 Å². The number of aromatic nitrogens is 1. The summed E-state index contributed by atoms with van der Waals surface area (Å²) < 4.78 is 18.6. The molecule has 1 aromatic heterocycles. The highest BCUT2D eigenvalue weighted by atomic mass is 19.1. The molecule has 1 N–H and O–H groups in total. The Morgan fingerprint density at radius 3 is 2.96 bits per heavy atom. The molecular formula is C19H22FN3O2. The van der Waals surface area contributed by atoms with Crippen LogP contribution in [0.25, 0.3) is 0 Å². The first-order chi connectivity index (χ1) is 12.1. The topological polar surface area (TPSA) is 54.5 Å². The fourth-order valence-electron chi connectivity index (χ4n) is 2.94. The number of ether oxygens (including phenoxy) is 1. The number of amides is 2. The molecule has 1 aliphatic rings. The molecule has 0 saturated carbocycles. The van der Waals surface area contributed by atoms with E-state index in [4.69, 9.17) is 4.74 Å². The maximum absolute atomic E-state index is 12.9. The van der Waals surface area contributed by atoms with Crippen LogP contribution < -0.4 is 5.32 Å². The Kier molecular flexibility index (Phi) is 5.60. The van der Waals surface area contributed by atoms with Crippen molar-refractivity contribution in [1.82, 2.24) is 9.88 Å². The van der Waals surface area contributed by atoms with Crippen molar-refractivity contribution in [2.45, 2.75) is 32.4 Å². The summed E-state index contributed by atoms with van der Waals surface area (Å²) in [5.41, 5.74) is 2.68. The number of carbonyl (C=O) groups is 1. The van der Waals surface area contributed by atoms with Gasteiger partial charge in [-0.25, -0.2) is 9.78 Å². The number of carbonyl (C=O) groups excluding carboxylic acids is 1. The van der Waals surface area contributed by atoms with Crippen molar-refractivity contribution in [3.05, 3.63) is 59.7 Å². The van der Waals surface area contributed by atoms with Crippen LogP contribution in [0.2, 0.25) is 0 Å². The second kappa shape index (κ2) is 8.07. The van der Waals surface area contributed by atoms with Crippen LogP contribution in [0, 0.1) is 12.9 Å². The molecule has 1 aliphatic heterocycles. The Labute approximate surface area is 146 Å². The molecule has 0 unspecified atom stereocenters. The number of hydrogen-bond acceptors (Lipinski definition) is 3. The zero-order valence-electron chi connectivity index (χ0n) is 14.2. The number of aryl methyl sites for hydroxylation is 1. The van der Waals surface area contributed by atoms with Gasteiger partial charge in [-0.1, -0.05) is 29.8 Å². The Morgan fingerprint density at radius 1 is 1.40 bits per heavy atom. The van der Waals surface area contributed by atoms with E-state index >= 15 is 0 Å². The van der Waals surface area contributed by atoms with E-state index in [2.05, 4.69) is 16.4 Å². The van der Waals surface area contributed by atoms with E-state index in [0.717, 1.165) is 30.6 Å². The molecule has 0 radical (unpaired) electrons. The van der Waals surface area contributed by atoms with Crippen molar-refractivity contribution in [3.63, 3.8) is 0 Å². The molecule has 5 nitrogen and oxygen atoms in total. The van der Waals surface area contributed by atoms with Crippen molar-refractivity contribution in [2.24, 2.45) is 0 Å². The van der Waals surface area contributed by atoms with Gasteiger partial charge in [0, 0.05) is 19.7 Å². The third-order valence-corrected chi connectivity index (χ3v) is 4.17. The molecule has 0 bridgehead atoms. The SMILES string of the molecule is Cc1cccc(CN(C[C@@H]2CCCO2)C(=O)Nc2ccc(F)nc2)c1. The number of anilines is 1. The Hall–Kier alpha value is -2.47. The lowest BCUT2D eigenvalue weighted by molar-refractivity contribution is 0.0819. The first-order valence-corrected chi connectivity index (χ1v) is 8.45. The first kappa shape index (κ1) is 17.4. The van der Waals surface area contributed by atoms with Crippen molar-refractivity contribution >= 4 is 11.7 Å². The number of urea groups is 1. The Morgan fingerprint density at radius 2 is 2.28 bits per heavy atom. The maximum Gasteiger partial charge on any atom is 0.322 e. The van der Waals surface area contributed by atoms with Crippen molar-refractivity contribution in [2.75, 3.05) is 18.5 Å². The van der Waals surface area contributed by atoms with E-state index in [-0.39, 0.29) is 12.1 Å². The zero-order valence-corrected chi connectivity index (χ0v) is 14.2. The van der Waals surface area contributed by atoms with E-state index in [0.29, 0.717) is 18.8 Å². The third kappa shape index (κ3) is 5.00. The minimum atomic E-state index is -0.575. The lowest BCUT2D eigenvalue weighted by Gasteiger charge is -2.26. The molecular weight excluding hydrogens is 321 g/mol. The minimum Gasteiger partial charge on any atom is -0.376 e. The number of nitrogens with zero attached hydrogens (tertiary/aromatic N) is 2. The number of hydrogen-bond donors (Lipinski definition) is 1. The van der Waals surface area contributed by atoms with E-state index in [1.54, 1.807) is 4.90 Å². The predicted octanol–water partition coefficient (Wildman–Crippen LogP) is 3.74. The summed E-state index contributed by atoms with van der Waals surface area (Å²) in [4.78, 5) is 18.0. The highest BCUT2D eigenvalue weighted by Crippen LogP contribution is 2.17. The smallest absolute Gasteiger partial charge is 0.322 e. The average Bonchev–Trinajstić information content (AvgIpc) is 3.09. The molecule has 1 saturated heterocycles. The molecule has 3 rings (SSSR count). The number of pyridine rings is 1. The molecule has 0 aliphatic carbocycles. The second-order valence-corrected chi connectivity index (χ2v) is 6.30. The number of benzene rings is 1. The summed E-state index contributed by atoms with van der Waals surface area (Å²) in [6, 6.07) is 10.6. The quantitative estimate of drug-likeness (QED) is 0.842. The largest absolute Gasteiger partial charge is 0.376 e. The molecule has 132 valence electrons. The summed E-state index contributed by atoms with van der Waals surface area (Å²) in [7, 11) is 0. The van der Waals surface area contributed by atoms with Crippen LogP contribution >= 0.6 is 0 Å². The van der Waals surface area contributed by atoms with Gasteiger partial charge >= 0.3 is 6.03 Å². The van der Waals surface area contributed by atoms with Gasteiger partial charge in [0.25, 0.3) is 0 Å². The van der Waals surface area contributed by atoms with Crippen LogP contribution in [0.4, 0.5) is 14.9 Å². The molecule has 2 amide bonds. The minimum absolute atomic E-state index is 0.0573. The number of halogens is 1. The second-order valence-electron chi connectivity index (χ2n) is 6.30. The van der Waals surface area contributed by atoms with Crippen molar-refractivity contribution in [3.8, 4) is 0 Å². The predicted molar refractivity (Wildman–Crippen MR) is 93.8 cm³/mol. The van der Waals surface area contributed by atoms with Gasteiger partial charge in [0.1, 0.15) is 0 Å². The first-order valence-electron chi connectivity index (χ1n) is 8.45. The highest BCUT2D eigenvalue weighted by Gasteiger charge is 2.23. The average molecular weight is 343 g/mol. The van der Waals surface area contributed by atoms with Gasteiger partial charge in [-0.3, -0.25) is 0 Å². The lowest BCUT2D eigenvalue weighted by Crippen LogP contribution is -2.39. The summed E-state index contributed by atoms with van der Waals surface area (Å²) in [6.45, 7) is 3.78. The molecule has 1 fully saturated rings. The van der Waals surface area contributed by atoms with Crippen molar-refractivity contribution in [1.29, 1.82) is 0 Å². The van der Waals surface area contributed by atoms with Crippen LogP contribution in [-0.2, 0) is 11.3 Å². The van der Waals surface area contributed by atoms with Crippen molar-refractivity contribution < 1.29 is 13.9 Å². The molecule has 6 heteroatoms. The fourth-order valence-corrected chi connectivity index (χ4v) is 2.94. The number of rotatable bonds is 5. The Bertz CT molecular complexity index is 715. The standard InChI is InChI=1S/C19H22FN3O2/c1-14-4-2-5-15(10-14)12-23(13-17-6-3-9-25-17)19(24)22-16-7-8-18(20)21-11-16/h2,4-5,7-8,10-11,17H,3,6,9,12-13H2,1H3,(H,22,24)/t17-/m0/s1. The highest BCUT2D eigenvalue weighted by molar-refractivity contribution is 5.89. The summed E-state index contributed by atoms with van der Waals surface area (Å²) in [5.74, 6) is -0.575.